The van der Waals surface area contributed by atoms with Gasteiger partial charge in [0.15, 0.2) is 5.13 Å². The molecule has 1 amide bonds. The number of para-hydroxylation sites is 1. The largest absolute Gasteiger partial charge is 0.422 e. The van der Waals surface area contributed by atoms with E-state index in [-0.39, 0.29) is 5.91 Å². The summed E-state index contributed by atoms with van der Waals surface area (Å²) in [5.41, 5.74) is 1.02. The summed E-state index contributed by atoms with van der Waals surface area (Å²) >= 11 is 1.30. The van der Waals surface area contributed by atoms with Crippen LogP contribution in [-0.2, 0) is 4.79 Å². The minimum absolute atomic E-state index is 0.0571. The van der Waals surface area contributed by atoms with Crippen LogP contribution in [0, 0.1) is 0 Å². The van der Waals surface area contributed by atoms with Gasteiger partial charge in [0.1, 0.15) is 5.58 Å². The average Bonchev–Trinajstić information content (AvgIpc) is 3.00. The molecule has 2 aromatic heterocycles. The zero-order chi connectivity index (χ0) is 16.2. The summed E-state index contributed by atoms with van der Waals surface area (Å²) in [5, 5.41) is 5.84. The first-order valence-corrected chi connectivity index (χ1v) is 8.34. The number of carbonyl (C=O) groups excluding carboxylic acids is 1. The van der Waals surface area contributed by atoms with Crippen molar-refractivity contribution < 1.29 is 9.21 Å². The van der Waals surface area contributed by atoms with Crippen LogP contribution < -0.4 is 10.9 Å². The average molecular weight is 328 g/mol. The predicted molar refractivity (Wildman–Crippen MR) is 91.7 cm³/mol. The number of benzene rings is 1. The van der Waals surface area contributed by atoms with Gasteiger partial charge in [-0.3, -0.25) is 4.79 Å². The van der Waals surface area contributed by atoms with Crippen molar-refractivity contribution in [2.45, 2.75) is 26.2 Å². The standard InChI is InChI=1S/C17H16N2O3S/c1-2-3-8-15(20)19-17-18-13(10-23-17)12-9-11-6-4-5-7-14(11)22-16(12)21/h4-7,9-10H,2-3,8H2,1H3,(H,18,19,20). The minimum Gasteiger partial charge on any atom is -0.422 e. The van der Waals surface area contributed by atoms with Gasteiger partial charge in [-0.1, -0.05) is 31.5 Å². The van der Waals surface area contributed by atoms with Gasteiger partial charge in [0.05, 0.1) is 11.3 Å². The molecule has 5 nitrogen and oxygen atoms in total. The Hall–Kier alpha value is -2.47. The lowest BCUT2D eigenvalue weighted by Crippen LogP contribution is -2.10. The number of hydrogen-bond acceptors (Lipinski definition) is 5. The van der Waals surface area contributed by atoms with Gasteiger partial charge in [0.25, 0.3) is 0 Å². The molecule has 0 saturated carbocycles. The Labute approximate surface area is 137 Å². The van der Waals surface area contributed by atoms with Gasteiger partial charge >= 0.3 is 5.63 Å². The van der Waals surface area contributed by atoms with E-state index in [4.69, 9.17) is 4.42 Å². The number of thiazole rings is 1. The summed E-state index contributed by atoms with van der Waals surface area (Å²) in [6.45, 7) is 2.04. The monoisotopic (exact) mass is 328 g/mol. The first-order valence-electron chi connectivity index (χ1n) is 7.46. The zero-order valence-corrected chi connectivity index (χ0v) is 13.5. The highest BCUT2D eigenvalue weighted by molar-refractivity contribution is 7.14. The van der Waals surface area contributed by atoms with Gasteiger partial charge < -0.3 is 9.73 Å². The van der Waals surface area contributed by atoms with Crippen molar-refractivity contribution in [1.29, 1.82) is 0 Å². The molecule has 3 rings (SSSR count). The molecular weight excluding hydrogens is 312 g/mol. The third-order valence-electron chi connectivity index (χ3n) is 3.43. The van der Waals surface area contributed by atoms with Gasteiger partial charge in [-0.25, -0.2) is 9.78 Å². The number of fused-ring (bicyclic) bond motifs is 1. The number of unbranched alkanes of at least 4 members (excludes halogenated alkanes) is 1. The first kappa shape index (κ1) is 15.4. The molecule has 1 N–H and O–H groups in total. The van der Waals surface area contributed by atoms with E-state index in [9.17, 15) is 9.59 Å². The Morgan fingerprint density at radius 3 is 3.00 bits per heavy atom. The van der Waals surface area contributed by atoms with Crippen molar-refractivity contribution in [3.63, 3.8) is 0 Å². The smallest absolute Gasteiger partial charge is 0.345 e. The molecule has 0 spiro atoms. The van der Waals surface area contributed by atoms with Crippen LogP contribution in [0.1, 0.15) is 26.2 Å². The molecule has 0 atom stereocenters. The highest BCUT2D eigenvalue weighted by Gasteiger charge is 2.12. The minimum atomic E-state index is -0.433. The molecule has 0 bridgehead atoms. The van der Waals surface area contributed by atoms with Crippen molar-refractivity contribution in [2.75, 3.05) is 5.32 Å². The van der Waals surface area contributed by atoms with E-state index in [0.29, 0.717) is 28.4 Å². The third-order valence-corrected chi connectivity index (χ3v) is 4.18. The van der Waals surface area contributed by atoms with Crippen molar-refractivity contribution in [1.82, 2.24) is 4.98 Å². The van der Waals surface area contributed by atoms with Crippen molar-refractivity contribution in [3.8, 4) is 11.3 Å². The van der Waals surface area contributed by atoms with Gasteiger partial charge in [-0.05, 0) is 18.6 Å². The molecule has 0 aliphatic rings. The highest BCUT2D eigenvalue weighted by Crippen LogP contribution is 2.25. The summed E-state index contributed by atoms with van der Waals surface area (Å²) in [6.07, 6.45) is 2.29. The van der Waals surface area contributed by atoms with Crippen LogP contribution in [-0.4, -0.2) is 10.9 Å². The Kier molecular flexibility index (Phi) is 4.52. The molecule has 0 saturated heterocycles. The number of aromatic nitrogens is 1. The second kappa shape index (κ2) is 6.75. The maximum atomic E-state index is 12.1. The van der Waals surface area contributed by atoms with E-state index in [0.717, 1.165) is 18.2 Å². The summed E-state index contributed by atoms with van der Waals surface area (Å²) in [6, 6.07) is 9.09. The molecule has 0 fully saturated rings. The van der Waals surface area contributed by atoms with Gasteiger partial charge in [0.2, 0.25) is 5.91 Å². The number of carbonyl (C=O) groups is 1. The van der Waals surface area contributed by atoms with Crippen LogP contribution in [0.25, 0.3) is 22.2 Å². The van der Waals surface area contributed by atoms with E-state index in [2.05, 4.69) is 10.3 Å². The molecule has 0 unspecified atom stereocenters. The predicted octanol–water partition coefficient (Wildman–Crippen LogP) is 4.05. The molecule has 23 heavy (non-hydrogen) atoms. The van der Waals surface area contributed by atoms with E-state index in [1.165, 1.54) is 11.3 Å². The number of hydrogen-bond donors (Lipinski definition) is 1. The Morgan fingerprint density at radius 2 is 2.17 bits per heavy atom. The number of nitrogens with one attached hydrogen (secondary N) is 1. The Balaban J connectivity index is 1.87. The summed E-state index contributed by atoms with van der Waals surface area (Å²) in [5.74, 6) is -0.0571. The molecule has 3 aromatic rings. The van der Waals surface area contributed by atoms with Gasteiger partial charge in [0, 0.05) is 17.2 Å². The molecule has 118 valence electrons. The SMILES string of the molecule is CCCCC(=O)Nc1nc(-c2cc3ccccc3oc2=O)cs1. The Bertz CT molecular complexity index is 898. The number of anilines is 1. The van der Waals surface area contributed by atoms with E-state index >= 15 is 0 Å². The normalized spacial score (nSPS) is 10.8. The van der Waals surface area contributed by atoms with Gasteiger partial charge in [-0.2, -0.15) is 0 Å². The second-order valence-electron chi connectivity index (χ2n) is 5.17. The summed E-state index contributed by atoms with van der Waals surface area (Å²) < 4.78 is 5.31. The number of amides is 1. The van der Waals surface area contributed by atoms with Crippen molar-refractivity contribution in [2.24, 2.45) is 0 Å². The maximum Gasteiger partial charge on any atom is 0.345 e. The molecular formula is C17H16N2O3S. The highest BCUT2D eigenvalue weighted by atomic mass is 32.1. The van der Waals surface area contributed by atoms with E-state index in [1.54, 1.807) is 17.5 Å². The summed E-state index contributed by atoms with van der Waals surface area (Å²) in [4.78, 5) is 28.2. The van der Waals surface area contributed by atoms with Crippen LogP contribution in [0.15, 0.2) is 44.9 Å². The molecule has 0 aliphatic carbocycles. The van der Waals surface area contributed by atoms with Gasteiger partial charge in [-0.15, -0.1) is 11.3 Å². The summed E-state index contributed by atoms with van der Waals surface area (Å²) in [7, 11) is 0. The van der Waals surface area contributed by atoms with E-state index < -0.39 is 5.63 Å². The molecule has 0 radical (unpaired) electrons. The fourth-order valence-corrected chi connectivity index (χ4v) is 2.94. The number of rotatable bonds is 5. The van der Waals surface area contributed by atoms with Crippen LogP contribution >= 0.6 is 11.3 Å². The maximum absolute atomic E-state index is 12.1. The molecule has 1 aromatic carbocycles. The second-order valence-corrected chi connectivity index (χ2v) is 6.03. The lowest BCUT2D eigenvalue weighted by Gasteiger charge is -2.00. The topological polar surface area (TPSA) is 72.2 Å². The van der Waals surface area contributed by atoms with Crippen LogP contribution in [0.5, 0.6) is 0 Å². The fourth-order valence-electron chi connectivity index (χ4n) is 2.21. The Morgan fingerprint density at radius 1 is 1.35 bits per heavy atom. The van der Waals surface area contributed by atoms with E-state index in [1.807, 2.05) is 25.1 Å². The molecule has 6 heteroatoms. The number of nitrogens with zero attached hydrogens (tertiary/aromatic N) is 1. The first-order chi connectivity index (χ1) is 11.2. The lowest BCUT2D eigenvalue weighted by molar-refractivity contribution is -0.116. The fraction of sp³-hybridized carbons (Fsp3) is 0.235. The van der Waals surface area contributed by atoms with Crippen molar-refractivity contribution >= 4 is 33.3 Å². The zero-order valence-electron chi connectivity index (χ0n) is 12.7. The third kappa shape index (κ3) is 3.48. The molecule has 0 aliphatic heterocycles. The van der Waals surface area contributed by atoms with Crippen LogP contribution in [0.2, 0.25) is 0 Å². The molecule has 2 heterocycles. The lowest BCUT2D eigenvalue weighted by atomic mass is 10.1. The quantitative estimate of drug-likeness (QED) is 0.717. The van der Waals surface area contributed by atoms with Crippen LogP contribution in [0.3, 0.4) is 0 Å². The van der Waals surface area contributed by atoms with Crippen LogP contribution in [0.4, 0.5) is 5.13 Å². The van der Waals surface area contributed by atoms with Crippen molar-refractivity contribution in [3.05, 3.63) is 46.1 Å².